The van der Waals surface area contributed by atoms with E-state index in [0.29, 0.717) is 18.8 Å². The third-order valence-electron chi connectivity index (χ3n) is 5.27. The van der Waals surface area contributed by atoms with Crippen molar-refractivity contribution in [2.45, 2.75) is 20.0 Å². The molecule has 0 atom stereocenters. The highest BCUT2D eigenvalue weighted by Crippen LogP contribution is 2.35. The Kier molecular flexibility index (Phi) is 5.89. The molecule has 0 radical (unpaired) electrons. The van der Waals surface area contributed by atoms with Crippen molar-refractivity contribution in [2.75, 3.05) is 6.54 Å². The van der Waals surface area contributed by atoms with E-state index in [1.54, 1.807) is 28.7 Å². The van der Waals surface area contributed by atoms with Gasteiger partial charge in [0.2, 0.25) is 5.91 Å². The van der Waals surface area contributed by atoms with Crippen LogP contribution in [0.5, 0.6) is 0 Å². The normalized spacial score (nSPS) is 11.2. The van der Waals surface area contributed by atoms with Gasteiger partial charge in [-0.2, -0.15) is 5.10 Å². The summed E-state index contributed by atoms with van der Waals surface area (Å²) in [6, 6.07) is 17.2. The van der Waals surface area contributed by atoms with Gasteiger partial charge < -0.3 is 9.88 Å². The van der Waals surface area contributed by atoms with Crippen LogP contribution >= 0.6 is 22.7 Å². The first-order chi connectivity index (χ1) is 16.1. The van der Waals surface area contributed by atoms with Crippen molar-refractivity contribution in [1.82, 2.24) is 24.6 Å². The summed E-state index contributed by atoms with van der Waals surface area (Å²) in [7, 11) is 0. The van der Waals surface area contributed by atoms with E-state index in [9.17, 15) is 9.59 Å². The third-order valence-corrected chi connectivity index (χ3v) is 7.49. The van der Waals surface area contributed by atoms with Crippen molar-refractivity contribution in [1.29, 1.82) is 0 Å². The number of carbonyl (C=O) groups is 1. The van der Waals surface area contributed by atoms with E-state index >= 15 is 0 Å². The van der Waals surface area contributed by atoms with E-state index in [0.717, 1.165) is 31.4 Å². The molecule has 0 unspecified atom stereocenters. The molecule has 5 aromatic rings. The first-order valence-electron chi connectivity index (χ1n) is 10.5. The number of benzene rings is 1. The molecule has 1 aromatic carbocycles. The molecule has 5 rings (SSSR count). The van der Waals surface area contributed by atoms with Crippen LogP contribution in [-0.2, 0) is 17.9 Å². The van der Waals surface area contributed by atoms with Crippen molar-refractivity contribution >= 4 is 39.5 Å². The van der Waals surface area contributed by atoms with E-state index in [2.05, 4.69) is 15.4 Å². The summed E-state index contributed by atoms with van der Waals surface area (Å²) < 4.78 is 3.30. The number of hydrogen-bond acceptors (Lipinski definition) is 6. The van der Waals surface area contributed by atoms with E-state index in [1.807, 2.05) is 65.5 Å². The van der Waals surface area contributed by atoms with Crippen LogP contribution in [0.1, 0.15) is 5.69 Å². The topological polar surface area (TPSA) is 81.8 Å². The standard InChI is InChI=1S/C24H21N5O2S2/c1-16-23(33-24(26-16)20-7-4-14-32-20)18-8-9-22(31)29(27-18)13-11-25-21(30)15-28-12-10-17-5-2-3-6-19(17)28/h2-10,12,14H,11,13,15H2,1H3,(H,25,30). The molecule has 7 nitrogen and oxygen atoms in total. The minimum atomic E-state index is -0.204. The lowest BCUT2D eigenvalue weighted by Gasteiger charge is -2.09. The summed E-state index contributed by atoms with van der Waals surface area (Å²) >= 11 is 3.21. The largest absolute Gasteiger partial charge is 0.353 e. The molecule has 9 heteroatoms. The average Bonchev–Trinajstić information content (AvgIpc) is 3.56. The zero-order chi connectivity index (χ0) is 22.8. The van der Waals surface area contributed by atoms with E-state index < -0.39 is 0 Å². The predicted molar refractivity (Wildman–Crippen MR) is 133 cm³/mol. The Balaban J connectivity index is 1.26. The number of fused-ring (bicyclic) bond motifs is 1. The second kappa shape index (κ2) is 9.13. The molecule has 0 aliphatic heterocycles. The Morgan fingerprint density at radius 3 is 2.82 bits per heavy atom. The van der Waals surface area contributed by atoms with Crippen LogP contribution in [0.25, 0.3) is 31.4 Å². The Morgan fingerprint density at radius 2 is 1.97 bits per heavy atom. The maximum atomic E-state index is 12.4. The van der Waals surface area contributed by atoms with Gasteiger partial charge in [0.05, 0.1) is 22.0 Å². The van der Waals surface area contributed by atoms with Gasteiger partial charge in [-0.3, -0.25) is 9.59 Å². The number of rotatable bonds is 7. The molecule has 1 amide bonds. The van der Waals surface area contributed by atoms with Gasteiger partial charge in [-0.1, -0.05) is 24.3 Å². The molecule has 4 aromatic heterocycles. The van der Waals surface area contributed by atoms with Crippen LogP contribution < -0.4 is 10.9 Å². The molecule has 0 aliphatic rings. The van der Waals surface area contributed by atoms with Gasteiger partial charge in [0.1, 0.15) is 17.2 Å². The number of hydrogen-bond donors (Lipinski definition) is 1. The van der Waals surface area contributed by atoms with Crippen molar-refractivity contribution in [3.05, 3.63) is 82.2 Å². The van der Waals surface area contributed by atoms with Crippen LogP contribution in [-0.4, -0.2) is 31.8 Å². The zero-order valence-electron chi connectivity index (χ0n) is 17.9. The van der Waals surface area contributed by atoms with Gasteiger partial charge in [0.15, 0.2) is 0 Å². The highest BCUT2D eigenvalue weighted by Gasteiger charge is 2.14. The lowest BCUT2D eigenvalue weighted by atomic mass is 10.2. The molecule has 0 fully saturated rings. The lowest BCUT2D eigenvalue weighted by Crippen LogP contribution is -2.33. The first-order valence-corrected chi connectivity index (χ1v) is 12.2. The van der Waals surface area contributed by atoms with E-state index in [4.69, 9.17) is 0 Å². The van der Waals surface area contributed by atoms with Gasteiger partial charge in [0.25, 0.3) is 5.56 Å². The maximum absolute atomic E-state index is 12.4. The van der Waals surface area contributed by atoms with Crippen molar-refractivity contribution in [3.63, 3.8) is 0 Å². The Labute approximate surface area is 198 Å². The molecule has 0 saturated carbocycles. The number of nitrogens with one attached hydrogen (secondary N) is 1. The quantitative estimate of drug-likeness (QED) is 0.383. The molecule has 0 aliphatic carbocycles. The fourth-order valence-corrected chi connectivity index (χ4v) is 5.49. The molecule has 0 spiro atoms. The smallest absolute Gasteiger partial charge is 0.266 e. The number of aromatic nitrogens is 4. The Morgan fingerprint density at radius 1 is 1.09 bits per heavy atom. The van der Waals surface area contributed by atoms with Crippen LogP contribution in [0.15, 0.2) is 71.0 Å². The van der Waals surface area contributed by atoms with Gasteiger partial charge >= 0.3 is 0 Å². The zero-order valence-corrected chi connectivity index (χ0v) is 19.5. The third kappa shape index (κ3) is 4.50. The molecular weight excluding hydrogens is 454 g/mol. The molecule has 33 heavy (non-hydrogen) atoms. The summed E-state index contributed by atoms with van der Waals surface area (Å²) in [4.78, 5) is 31.5. The predicted octanol–water partition coefficient (Wildman–Crippen LogP) is 4.17. The number of para-hydroxylation sites is 1. The number of amides is 1. The van der Waals surface area contributed by atoms with Gasteiger partial charge in [-0.05, 0) is 42.0 Å². The summed E-state index contributed by atoms with van der Waals surface area (Å²) in [6.45, 7) is 2.78. The Hall–Kier alpha value is -3.56. The number of nitrogens with zero attached hydrogens (tertiary/aromatic N) is 4. The lowest BCUT2D eigenvalue weighted by molar-refractivity contribution is -0.121. The molecule has 4 heterocycles. The summed E-state index contributed by atoms with van der Waals surface area (Å²) in [5.41, 5.74) is 2.40. The fourth-order valence-electron chi connectivity index (χ4n) is 3.66. The second-order valence-electron chi connectivity index (χ2n) is 7.54. The minimum Gasteiger partial charge on any atom is -0.353 e. The molecule has 166 valence electrons. The van der Waals surface area contributed by atoms with Crippen LogP contribution in [0, 0.1) is 6.92 Å². The average molecular weight is 476 g/mol. The summed E-state index contributed by atoms with van der Waals surface area (Å²) in [6.07, 6.45) is 1.90. The SMILES string of the molecule is Cc1nc(-c2cccs2)sc1-c1ccc(=O)n(CCNC(=O)Cn2ccc3ccccc32)n1. The number of aryl methyl sites for hydroxylation is 1. The van der Waals surface area contributed by atoms with Crippen LogP contribution in [0.3, 0.4) is 0 Å². The number of thiophene rings is 1. The molecule has 0 bridgehead atoms. The van der Waals surface area contributed by atoms with Crippen molar-refractivity contribution in [2.24, 2.45) is 0 Å². The van der Waals surface area contributed by atoms with E-state index in [1.165, 1.54) is 10.7 Å². The van der Waals surface area contributed by atoms with Crippen molar-refractivity contribution in [3.8, 4) is 20.5 Å². The summed E-state index contributed by atoms with van der Waals surface area (Å²) in [5.74, 6) is -0.112. The van der Waals surface area contributed by atoms with Gasteiger partial charge in [0, 0.05) is 24.3 Å². The molecule has 0 saturated heterocycles. The Bertz CT molecular complexity index is 1480. The molecule has 1 N–H and O–H groups in total. The van der Waals surface area contributed by atoms with Crippen LogP contribution in [0.4, 0.5) is 0 Å². The monoisotopic (exact) mass is 475 g/mol. The fraction of sp³-hybridized carbons (Fsp3) is 0.167. The maximum Gasteiger partial charge on any atom is 0.266 e. The highest BCUT2D eigenvalue weighted by atomic mass is 32.1. The summed E-state index contributed by atoms with van der Waals surface area (Å²) in [5, 5.41) is 11.5. The van der Waals surface area contributed by atoms with Gasteiger partial charge in [-0.15, -0.1) is 22.7 Å². The second-order valence-corrected chi connectivity index (χ2v) is 9.49. The van der Waals surface area contributed by atoms with Crippen LogP contribution in [0.2, 0.25) is 0 Å². The van der Waals surface area contributed by atoms with Gasteiger partial charge in [-0.25, -0.2) is 9.67 Å². The number of thiazole rings is 1. The number of carbonyl (C=O) groups excluding carboxylic acids is 1. The first kappa shape index (κ1) is 21.3. The highest BCUT2D eigenvalue weighted by molar-refractivity contribution is 7.23. The van der Waals surface area contributed by atoms with Crippen molar-refractivity contribution < 1.29 is 4.79 Å². The van der Waals surface area contributed by atoms with E-state index in [-0.39, 0.29) is 18.0 Å². The molecular formula is C24H21N5O2S2. The minimum absolute atomic E-state index is 0.112.